The van der Waals surface area contributed by atoms with E-state index in [2.05, 4.69) is 181 Å². The Labute approximate surface area is 356 Å². The molecular weight excluding hydrogens is 789 g/mol. The fourth-order valence-corrected chi connectivity index (χ4v) is 11.5. The Morgan fingerprint density at radius 1 is 0.393 bits per heavy atom. The molecule has 0 saturated carbocycles. The largest absolute Gasteiger partial charge is 0.437 e. The van der Waals surface area contributed by atoms with Crippen LogP contribution in [0, 0.1) is 6.92 Å². The second-order valence-electron chi connectivity index (χ2n) is 15.3. The summed E-state index contributed by atoms with van der Waals surface area (Å²) in [6, 6.07) is 61.8. The molecule has 0 fully saturated rings. The van der Waals surface area contributed by atoms with Crippen LogP contribution in [0.15, 0.2) is 185 Å². The molecule has 8 heteroatoms. The van der Waals surface area contributed by atoms with Crippen molar-refractivity contribution < 1.29 is 8.83 Å². The molecule has 0 aliphatic carbocycles. The van der Waals surface area contributed by atoms with Gasteiger partial charge in [-0.15, -0.1) is 22.7 Å². The predicted octanol–water partition coefficient (Wildman–Crippen LogP) is 16.3. The number of pyridine rings is 2. The molecule has 6 heterocycles. The van der Waals surface area contributed by atoms with Gasteiger partial charge in [-0.2, -0.15) is 9.97 Å². The van der Waals surface area contributed by atoms with Crippen LogP contribution in [0.1, 0.15) is 5.56 Å². The van der Waals surface area contributed by atoms with Gasteiger partial charge >= 0.3 is 0 Å². The lowest BCUT2D eigenvalue weighted by Gasteiger charge is -2.24. The monoisotopic (exact) mass is 820 g/mol. The highest BCUT2D eigenvalue weighted by Crippen LogP contribution is 2.47. The summed E-state index contributed by atoms with van der Waals surface area (Å²) >= 11 is 3.62. The zero-order chi connectivity index (χ0) is 40.2. The minimum Gasteiger partial charge on any atom is -0.437 e. The fourth-order valence-electron chi connectivity index (χ4n) is 9.08. The van der Waals surface area contributed by atoms with Crippen LogP contribution in [0.5, 0.6) is 0 Å². The van der Waals surface area contributed by atoms with E-state index in [-0.39, 0.29) is 0 Å². The first-order chi connectivity index (χ1) is 30.2. The molecule has 288 valence electrons. The molecule has 0 atom stereocenters. The molecule has 0 spiro atoms. The lowest BCUT2D eigenvalue weighted by Crippen LogP contribution is -2.11. The minimum atomic E-state index is 0.575. The van der Waals surface area contributed by atoms with Crippen molar-refractivity contribution in [2.24, 2.45) is 0 Å². The number of para-hydroxylation sites is 2. The standard InChI is InChI=1S/C53H32N4O2S2/c1-31-48-40(38-26-28-46(54-52(38)58-48)56(32-14-4-2-5-15-32)42-22-12-20-36-34-18-8-10-24-44(34)60-50(36)42)30-41-39-27-29-47(55-53(39)59-49(31)41)57(33-16-6-3-7-17-33)43-23-13-21-37-35-19-9-11-25-45(35)61-51(37)43/h2-30H,1H3. The molecule has 0 unspecified atom stereocenters. The SMILES string of the molecule is Cc1c2oc3nc(N(c4ccccc4)c4cccc5c4sc4ccccc45)ccc3c2cc2c1oc1nc(N(c3ccccc3)c3cccc4c3sc3ccccc34)ccc12. The van der Waals surface area contributed by atoms with E-state index >= 15 is 0 Å². The highest BCUT2D eigenvalue weighted by Gasteiger charge is 2.24. The van der Waals surface area contributed by atoms with Gasteiger partial charge in [-0.1, -0.05) is 97.1 Å². The van der Waals surface area contributed by atoms with Gasteiger partial charge in [-0.3, -0.25) is 9.80 Å². The van der Waals surface area contributed by atoms with Crippen molar-refractivity contribution in [1.82, 2.24) is 9.97 Å². The highest BCUT2D eigenvalue weighted by molar-refractivity contribution is 7.26. The normalized spacial score (nSPS) is 12.0. The molecule has 0 radical (unpaired) electrons. The van der Waals surface area contributed by atoms with Crippen LogP contribution in [0.25, 0.3) is 84.5 Å². The summed E-state index contributed by atoms with van der Waals surface area (Å²) in [6.45, 7) is 2.06. The van der Waals surface area contributed by atoms with Crippen molar-refractivity contribution in [3.8, 4) is 0 Å². The van der Waals surface area contributed by atoms with E-state index < -0.39 is 0 Å². The molecular formula is C53H32N4O2S2. The number of benzene rings is 7. The number of aryl methyl sites for hydroxylation is 1. The minimum absolute atomic E-state index is 0.575. The number of nitrogens with zero attached hydrogens (tertiary/aromatic N) is 4. The van der Waals surface area contributed by atoms with Crippen LogP contribution in [0.2, 0.25) is 0 Å². The number of hydrogen-bond acceptors (Lipinski definition) is 8. The average Bonchev–Trinajstić information content (AvgIpc) is 4.08. The Balaban J connectivity index is 0.954. The lowest BCUT2D eigenvalue weighted by atomic mass is 10.1. The molecule has 0 bridgehead atoms. The highest BCUT2D eigenvalue weighted by atomic mass is 32.1. The quantitative estimate of drug-likeness (QED) is 0.167. The summed E-state index contributed by atoms with van der Waals surface area (Å²) in [5.74, 6) is 1.56. The number of aromatic nitrogens is 2. The van der Waals surface area contributed by atoms with E-state index in [1.54, 1.807) is 0 Å². The second-order valence-corrected chi connectivity index (χ2v) is 17.5. The summed E-state index contributed by atoms with van der Waals surface area (Å²) in [5, 5.41) is 8.86. The molecule has 6 aromatic heterocycles. The van der Waals surface area contributed by atoms with Gasteiger partial charge in [0.05, 0.1) is 20.8 Å². The number of hydrogen-bond donors (Lipinski definition) is 0. The van der Waals surface area contributed by atoms with Crippen molar-refractivity contribution in [3.05, 3.63) is 181 Å². The molecule has 6 nitrogen and oxygen atoms in total. The van der Waals surface area contributed by atoms with Crippen molar-refractivity contribution >= 4 is 142 Å². The molecule has 13 aromatic rings. The van der Waals surface area contributed by atoms with Gasteiger partial charge in [-0.05, 0) is 85.8 Å². The van der Waals surface area contributed by atoms with Crippen LogP contribution in [0.3, 0.4) is 0 Å². The Kier molecular flexibility index (Phi) is 7.46. The first-order valence-corrected chi connectivity index (χ1v) is 21.9. The molecule has 13 rings (SSSR count). The Bertz CT molecular complexity index is 3620. The molecule has 61 heavy (non-hydrogen) atoms. The summed E-state index contributed by atoms with van der Waals surface area (Å²) in [7, 11) is 0. The van der Waals surface area contributed by atoms with Crippen molar-refractivity contribution in [2.75, 3.05) is 9.80 Å². The maximum Gasteiger partial charge on any atom is 0.229 e. The van der Waals surface area contributed by atoms with E-state index in [4.69, 9.17) is 18.8 Å². The number of thiophene rings is 2. The van der Waals surface area contributed by atoms with Crippen molar-refractivity contribution in [1.29, 1.82) is 0 Å². The van der Waals surface area contributed by atoms with Gasteiger partial charge in [0.25, 0.3) is 0 Å². The maximum absolute atomic E-state index is 6.71. The third kappa shape index (κ3) is 5.19. The zero-order valence-corrected chi connectivity index (χ0v) is 34.3. The molecule has 7 aromatic carbocycles. The molecule has 0 amide bonds. The number of anilines is 6. The van der Waals surface area contributed by atoms with Gasteiger partial charge in [-0.25, -0.2) is 0 Å². The Hall–Kier alpha value is -7.52. The van der Waals surface area contributed by atoms with Crippen molar-refractivity contribution in [2.45, 2.75) is 6.92 Å². The summed E-state index contributed by atoms with van der Waals surface area (Å²) in [5.41, 5.74) is 7.77. The molecule has 0 N–H and O–H groups in total. The van der Waals surface area contributed by atoms with Crippen molar-refractivity contribution in [3.63, 3.8) is 0 Å². The smallest absolute Gasteiger partial charge is 0.229 e. The Morgan fingerprint density at radius 3 is 1.30 bits per heavy atom. The van der Waals surface area contributed by atoms with Gasteiger partial charge in [0.1, 0.15) is 22.8 Å². The summed E-state index contributed by atoms with van der Waals surface area (Å²) in [4.78, 5) is 15.0. The van der Waals surface area contributed by atoms with Crippen LogP contribution in [0.4, 0.5) is 34.4 Å². The summed E-state index contributed by atoms with van der Waals surface area (Å²) in [6.07, 6.45) is 0. The maximum atomic E-state index is 6.71. The summed E-state index contributed by atoms with van der Waals surface area (Å²) < 4.78 is 18.4. The fraction of sp³-hybridized carbons (Fsp3) is 0.0189. The average molecular weight is 821 g/mol. The van der Waals surface area contributed by atoms with Gasteiger partial charge in [0.15, 0.2) is 0 Å². The van der Waals surface area contributed by atoms with Crippen LogP contribution in [-0.4, -0.2) is 9.97 Å². The first kappa shape index (κ1) is 34.4. The van der Waals surface area contributed by atoms with Crippen LogP contribution >= 0.6 is 22.7 Å². The zero-order valence-electron chi connectivity index (χ0n) is 32.7. The lowest BCUT2D eigenvalue weighted by molar-refractivity contribution is 0.637. The van der Waals surface area contributed by atoms with E-state index in [9.17, 15) is 0 Å². The topological polar surface area (TPSA) is 58.5 Å². The van der Waals surface area contributed by atoms with E-state index in [1.807, 2.05) is 34.8 Å². The Morgan fingerprint density at radius 2 is 0.820 bits per heavy atom. The van der Waals surface area contributed by atoms with E-state index in [1.165, 1.54) is 40.3 Å². The third-order valence-electron chi connectivity index (χ3n) is 11.9. The van der Waals surface area contributed by atoms with E-state index in [0.717, 1.165) is 72.7 Å². The predicted molar refractivity (Wildman–Crippen MR) is 256 cm³/mol. The van der Waals surface area contributed by atoms with Gasteiger partial charge in [0.2, 0.25) is 11.4 Å². The molecule has 0 aliphatic heterocycles. The first-order valence-electron chi connectivity index (χ1n) is 20.2. The van der Waals surface area contributed by atoms with Crippen LogP contribution < -0.4 is 9.80 Å². The number of rotatable bonds is 6. The number of furan rings is 2. The molecule has 0 saturated heterocycles. The van der Waals surface area contributed by atoms with E-state index in [0.29, 0.717) is 11.4 Å². The van der Waals surface area contributed by atoms with Gasteiger partial charge in [0, 0.05) is 69.4 Å². The van der Waals surface area contributed by atoms with Crippen LogP contribution in [-0.2, 0) is 0 Å². The third-order valence-corrected chi connectivity index (χ3v) is 14.3. The van der Waals surface area contributed by atoms with Gasteiger partial charge < -0.3 is 8.83 Å². The number of fused-ring (bicyclic) bond motifs is 12. The second kappa shape index (κ2) is 13.2. The molecule has 0 aliphatic rings.